The molecule has 0 unspecified atom stereocenters. The normalized spacial score (nSPS) is 9.20. The Kier molecular flexibility index (Phi) is 9.47. The second kappa shape index (κ2) is 9.61. The van der Waals surface area contributed by atoms with Crippen LogP contribution in [-0.4, -0.2) is 9.55 Å². The third kappa shape index (κ3) is 4.92. The molecule has 102 valence electrons. The second-order valence-electron chi connectivity index (χ2n) is 3.85. The quantitative estimate of drug-likeness (QED) is 0.727. The molecular formula is C15H19N2O2Rb. The van der Waals surface area contributed by atoms with Crippen molar-refractivity contribution in [1.82, 2.24) is 9.55 Å². The maximum absolute atomic E-state index is 11.6. The van der Waals surface area contributed by atoms with Gasteiger partial charge in [0.25, 0.3) is 5.56 Å². The molecule has 0 aliphatic rings. The minimum Gasteiger partial charge on any atom is -0.324 e. The number of aromatic amines is 1. The Morgan fingerprint density at radius 3 is 2.45 bits per heavy atom. The van der Waals surface area contributed by atoms with E-state index < -0.39 is 11.2 Å². The fourth-order valence-electron chi connectivity index (χ4n) is 1.77. The zero-order valence-electron chi connectivity index (χ0n) is 12.8. The summed E-state index contributed by atoms with van der Waals surface area (Å²) in [5.41, 5.74) is 2.10. The minimum absolute atomic E-state index is 0. The van der Waals surface area contributed by atoms with Gasteiger partial charge in [-0.25, -0.2) is 4.79 Å². The Hall–Kier alpha value is -0.295. The monoisotopic (exact) mass is 344 g/mol. The van der Waals surface area contributed by atoms with Gasteiger partial charge < -0.3 is 4.57 Å². The van der Waals surface area contributed by atoms with E-state index in [9.17, 15) is 9.59 Å². The van der Waals surface area contributed by atoms with Crippen molar-refractivity contribution in [2.24, 2.45) is 0 Å². The van der Waals surface area contributed by atoms with Gasteiger partial charge in [-0.1, -0.05) is 39.8 Å². The smallest absolute Gasteiger partial charge is 0.324 e. The number of nitrogens with one attached hydrogen (secondary N) is 1. The molecule has 0 spiro atoms. The second-order valence-corrected chi connectivity index (χ2v) is 3.85. The average Bonchev–Trinajstić information content (AvgIpc) is 2.41. The predicted octanol–water partition coefficient (Wildman–Crippen LogP) is -0.773. The summed E-state index contributed by atoms with van der Waals surface area (Å²) in [6, 6.07) is 8.13. The summed E-state index contributed by atoms with van der Waals surface area (Å²) in [7, 11) is 0. The maximum Gasteiger partial charge on any atom is 1.00 e. The van der Waals surface area contributed by atoms with Gasteiger partial charge in [-0.3, -0.25) is 9.78 Å². The fourth-order valence-corrected chi connectivity index (χ4v) is 1.77. The van der Waals surface area contributed by atoms with Crippen molar-refractivity contribution >= 4 is 0 Å². The molecule has 0 saturated heterocycles. The summed E-state index contributed by atoms with van der Waals surface area (Å²) in [5.74, 6) is 0. The number of H-pyrrole nitrogens is 1. The van der Waals surface area contributed by atoms with Crippen LogP contribution in [0, 0.1) is 13.0 Å². The molecule has 0 saturated carbocycles. The van der Waals surface area contributed by atoms with E-state index in [0.29, 0.717) is 5.69 Å². The van der Waals surface area contributed by atoms with Crippen molar-refractivity contribution in [3.63, 3.8) is 0 Å². The average molecular weight is 345 g/mol. The SMILES string of the molecule is CC.CCc1[c-]cc(-n2ccc(=O)[nH]c2=O)cc1C.[Rb+]. The van der Waals surface area contributed by atoms with Gasteiger partial charge in [0.15, 0.2) is 0 Å². The van der Waals surface area contributed by atoms with Crippen molar-refractivity contribution in [2.75, 3.05) is 0 Å². The molecule has 0 fully saturated rings. The molecule has 20 heavy (non-hydrogen) atoms. The van der Waals surface area contributed by atoms with Crippen molar-refractivity contribution in [2.45, 2.75) is 34.1 Å². The van der Waals surface area contributed by atoms with Gasteiger partial charge in [0.1, 0.15) is 0 Å². The van der Waals surface area contributed by atoms with Gasteiger partial charge in [-0.15, -0.1) is 6.07 Å². The maximum atomic E-state index is 11.6. The third-order valence-corrected chi connectivity index (χ3v) is 2.69. The molecule has 1 N–H and O–H groups in total. The molecule has 1 aromatic carbocycles. The molecule has 1 aromatic heterocycles. The third-order valence-electron chi connectivity index (χ3n) is 2.69. The molecule has 0 radical (unpaired) electrons. The predicted molar refractivity (Wildman–Crippen MR) is 77.0 cm³/mol. The molecule has 4 nitrogen and oxygen atoms in total. The van der Waals surface area contributed by atoms with Crippen LogP contribution in [0.1, 0.15) is 31.9 Å². The number of nitrogens with zero attached hydrogens (tertiary/aromatic N) is 1. The summed E-state index contributed by atoms with van der Waals surface area (Å²) in [6.07, 6.45) is 2.38. The Morgan fingerprint density at radius 1 is 1.30 bits per heavy atom. The van der Waals surface area contributed by atoms with Crippen LogP contribution < -0.4 is 69.4 Å². The Bertz CT molecular complexity index is 659. The van der Waals surface area contributed by atoms with E-state index in [4.69, 9.17) is 0 Å². The Balaban J connectivity index is 0.00000115. The summed E-state index contributed by atoms with van der Waals surface area (Å²) in [4.78, 5) is 24.8. The largest absolute Gasteiger partial charge is 1.00 e. The van der Waals surface area contributed by atoms with E-state index in [2.05, 4.69) is 18.0 Å². The number of hydrogen-bond donors (Lipinski definition) is 1. The number of hydrogen-bond acceptors (Lipinski definition) is 2. The fraction of sp³-hybridized carbons (Fsp3) is 0.333. The molecular weight excluding hydrogens is 326 g/mol. The molecule has 0 bridgehead atoms. The topological polar surface area (TPSA) is 54.9 Å². The molecule has 2 rings (SSSR count). The van der Waals surface area contributed by atoms with Crippen LogP contribution in [0.5, 0.6) is 0 Å². The van der Waals surface area contributed by atoms with E-state index in [1.807, 2.05) is 26.8 Å². The summed E-state index contributed by atoms with van der Waals surface area (Å²) in [5, 5.41) is 0. The number of aryl methyl sites for hydroxylation is 2. The van der Waals surface area contributed by atoms with Gasteiger partial charge in [-0.05, 0) is 0 Å². The van der Waals surface area contributed by atoms with Crippen LogP contribution in [0.2, 0.25) is 0 Å². The summed E-state index contributed by atoms with van der Waals surface area (Å²) in [6.45, 7) is 8.04. The van der Waals surface area contributed by atoms with Crippen molar-refractivity contribution in [1.29, 1.82) is 0 Å². The van der Waals surface area contributed by atoms with E-state index >= 15 is 0 Å². The van der Waals surface area contributed by atoms with Gasteiger partial charge in [-0.2, -0.15) is 23.3 Å². The van der Waals surface area contributed by atoms with Crippen LogP contribution in [0.25, 0.3) is 5.69 Å². The number of benzene rings is 1. The van der Waals surface area contributed by atoms with Crippen molar-refractivity contribution in [3.8, 4) is 5.69 Å². The van der Waals surface area contributed by atoms with E-state index in [1.54, 1.807) is 6.07 Å². The van der Waals surface area contributed by atoms with Gasteiger partial charge in [0.2, 0.25) is 0 Å². The van der Waals surface area contributed by atoms with Crippen LogP contribution in [-0.2, 0) is 6.42 Å². The van der Waals surface area contributed by atoms with E-state index in [0.717, 1.165) is 17.5 Å². The van der Waals surface area contributed by atoms with Crippen LogP contribution in [0.15, 0.2) is 34.0 Å². The number of rotatable bonds is 2. The van der Waals surface area contributed by atoms with Crippen molar-refractivity contribution < 1.29 is 58.2 Å². The molecule has 5 heteroatoms. The first kappa shape index (κ1) is 19.7. The van der Waals surface area contributed by atoms with Crippen molar-refractivity contribution in [3.05, 3.63) is 62.4 Å². The molecule has 0 atom stereocenters. The first-order chi connectivity index (χ1) is 9.11. The Labute approximate surface area is 168 Å². The molecule has 0 aliphatic heterocycles. The molecule has 0 amide bonds. The summed E-state index contributed by atoms with van der Waals surface area (Å²) >= 11 is 0. The van der Waals surface area contributed by atoms with Crippen LogP contribution >= 0.6 is 0 Å². The minimum atomic E-state index is -0.436. The number of aromatic nitrogens is 2. The standard InChI is InChI=1S/C13H13N2O2.C2H6.Rb/c1-3-10-4-5-11(8-9(10)2)15-7-6-12(16)14-13(15)17;1-2;/h5-8H,3H2,1-2H3,(H,14,16,17);1-2H3;/q-1;;+1. The zero-order valence-corrected chi connectivity index (χ0v) is 17.7. The van der Waals surface area contributed by atoms with Gasteiger partial charge in [0.05, 0.1) is 0 Å². The summed E-state index contributed by atoms with van der Waals surface area (Å²) < 4.78 is 1.39. The zero-order chi connectivity index (χ0) is 14.4. The van der Waals surface area contributed by atoms with E-state index in [-0.39, 0.29) is 58.2 Å². The van der Waals surface area contributed by atoms with Gasteiger partial charge >= 0.3 is 63.9 Å². The van der Waals surface area contributed by atoms with Crippen LogP contribution in [0.4, 0.5) is 0 Å². The molecule has 0 aliphatic carbocycles. The molecule has 1 heterocycles. The Morgan fingerprint density at radius 2 is 1.95 bits per heavy atom. The van der Waals surface area contributed by atoms with E-state index in [1.165, 1.54) is 16.8 Å². The first-order valence-corrected chi connectivity index (χ1v) is 6.45. The first-order valence-electron chi connectivity index (χ1n) is 6.45. The molecule has 2 aromatic rings. The van der Waals surface area contributed by atoms with Gasteiger partial charge in [0, 0.05) is 12.3 Å². The van der Waals surface area contributed by atoms with Crippen LogP contribution in [0.3, 0.4) is 0 Å².